The first-order valence-electron chi connectivity index (χ1n) is 3.65. The molecule has 0 amide bonds. The summed E-state index contributed by atoms with van der Waals surface area (Å²) in [5.74, 6) is 1.45. The highest BCUT2D eigenvalue weighted by atomic mass is 35.5. The lowest BCUT2D eigenvalue weighted by molar-refractivity contribution is 0.908. The molecule has 2 aromatic rings. The molecule has 0 atom stereocenters. The summed E-state index contributed by atoms with van der Waals surface area (Å²) < 4.78 is 1.48. The number of hydrogen-bond donors (Lipinski definition) is 0. The van der Waals surface area contributed by atoms with Gasteiger partial charge < -0.3 is 0 Å². The summed E-state index contributed by atoms with van der Waals surface area (Å²) in [6, 6.07) is 1.68. The summed E-state index contributed by atoms with van der Waals surface area (Å²) in [5, 5.41) is 4.53. The molecule has 0 aliphatic carbocycles. The first kappa shape index (κ1) is 8.72. The van der Waals surface area contributed by atoms with E-state index in [1.54, 1.807) is 13.0 Å². The predicted molar refractivity (Wildman–Crippen MR) is 50.1 cm³/mol. The van der Waals surface area contributed by atoms with Crippen LogP contribution in [0.25, 0.3) is 5.78 Å². The van der Waals surface area contributed by atoms with E-state index in [9.17, 15) is 0 Å². The lowest BCUT2D eigenvalue weighted by Gasteiger charge is -1.97. The van der Waals surface area contributed by atoms with Crippen molar-refractivity contribution >= 4 is 29.0 Å². The van der Waals surface area contributed by atoms with Gasteiger partial charge in [-0.3, -0.25) is 0 Å². The highest BCUT2D eigenvalue weighted by Crippen LogP contribution is 2.12. The average molecular weight is 217 g/mol. The molecule has 2 aromatic heterocycles. The monoisotopic (exact) mass is 216 g/mol. The molecule has 0 radical (unpaired) electrons. The third kappa shape index (κ3) is 1.47. The Balaban J connectivity index is 2.75. The molecule has 0 N–H and O–H groups in total. The van der Waals surface area contributed by atoms with Gasteiger partial charge in [0.15, 0.2) is 0 Å². The van der Waals surface area contributed by atoms with Gasteiger partial charge in [-0.15, -0.1) is 16.7 Å². The summed E-state index contributed by atoms with van der Waals surface area (Å²) in [6.45, 7) is 1.78. The Labute approximate surface area is 84.5 Å². The zero-order valence-corrected chi connectivity index (χ0v) is 8.34. The fourth-order valence-corrected chi connectivity index (χ4v) is 1.42. The van der Waals surface area contributed by atoms with Gasteiger partial charge in [0.2, 0.25) is 0 Å². The Morgan fingerprint density at radius 2 is 2.23 bits per heavy atom. The maximum atomic E-state index is 5.92. The fraction of sp³-hybridized carbons (Fsp3) is 0.286. The molecule has 0 fully saturated rings. The smallest absolute Gasteiger partial charge is 0.215 e. The van der Waals surface area contributed by atoms with Crippen LogP contribution < -0.4 is 0 Å². The number of fused-ring (bicyclic) bond motifs is 1. The van der Waals surface area contributed by atoms with Crippen LogP contribution in [0.5, 0.6) is 0 Å². The first-order chi connectivity index (χ1) is 6.20. The van der Waals surface area contributed by atoms with Crippen molar-refractivity contribution < 1.29 is 0 Å². The van der Waals surface area contributed by atoms with Gasteiger partial charge in [0.05, 0.1) is 11.6 Å². The molecular formula is C7H6Cl2N4. The maximum Gasteiger partial charge on any atom is 0.254 e. The van der Waals surface area contributed by atoms with Crippen molar-refractivity contribution in [2.45, 2.75) is 12.8 Å². The normalized spacial score (nSPS) is 11.0. The minimum absolute atomic E-state index is 0.322. The number of halogens is 2. The second-order valence-corrected chi connectivity index (χ2v) is 3.23. The van der Waals surface area contributed by atoms with Crippen LogP contribution in [0.3, 0.4) is 0 Å². The van der Waals surface area contributed by atoms with Crippen LogP contribution in [-0.4, -0.2) is 19.6 Å². The molecule has 4 nitrogen and oxygen atoms in total. The van der Waals surface area contributed by atoms with E-state index in [2.05, 4.69) is 15.1 Å². The van der Waals surface area contributed by atoms with E-state index < -0.39 is 0 Å². The molecular weight excluding hydrogens is 211 g/mol. The number of rotatable bonds is 1. The average Bonchev–Trinajstić information content (AvgIpc) is 2.46. The SMILES string of the molecule is Cc1nc2nc(CCl)cc(Cl)n2n1. The summed E-state index contributed by atoms with van der Waals surface area (Å²) >= 11 is 11.5. The van der Waals surface area contributed by atoms with Crippen LogP contribution in [-0.2, 0) is 5.88 Å². The van der Waals surface area contributed by atoms with Crippen LogP contribution in [0.2, 0.25) is 5.15 Å². The molecule has 2 rings (SSSR count). The van der Waals surface area contributed by atoms with Crippen molar-refractivity contribution in [1.29, 1.82) is 0 Å². The van der Waals surface area contributed by atoms with Gasteiger partial charge in [-0.1, -0.05) is 11.6 Å². The number of aryl methyl sites for hydroxylation is 1. The molecule has 0 aliphatic heterocycles. The number of alkyl halides is 1. The molecule has 0 unspecified atom stereocenters. The molecule has 68 valence electrons. The quantitative estimate of drug-likeness (QED) is 0.540. The predicted octanol–water partition coefficient (Wildman–Crippen LogP) is 1.82. The molecule has 0 aromatic carbocycles. The Hall–Kier alpha value is -0.870. The Morgan fingerprint density at radius 1 is 1.46 bits per heavy atom. The standard InChI is InChI=1S/C7H6Cl2N4/c1-4-10-7-11-5(3-8)2-6(9)13(7)12-4/h2H,3H2,1H3. The van der Waals surface area contributed by atoms with Crippen LogP contribution >= 0.6 is 23.2 Å². The molecule has 0 saturated heterocycles. The summed E-state index contributed by atoms with van der Waals surface area (Å²) in [5.41, 5.74) is 0.701. The van der Waals surface area contributed by atoms with Gasteiger partial charge in [0.1, 0.15) is 11.0 Å². The highest BCUT2D eigenvalue weighted by Gasteiger charge is 2.06. The zero-order valence-electron chi connectivity index (χ0n) is 6.83. The summed E-state index contributed by atoms with van der Waals surface area (Å²) in [7, 11) is 0. The van der Waals surface area contributed by atoms with E-state index in [-0.39, 0.29) is 0 Å². The molecule has 2 heterocycles. The lowest BCUT2D eigenvalue weighted by Crippen LogP contribution is -1.96. The molecule has 13 heavy (non-hydrogen) atoms. The highest BCUT2D eigenvalue weighted by molar-refractivity contribution is 6.29. The molecule has 0 aliphatic rings. The van der Waals surface area contributed by atoms with Crippen molar-refractivity contribution in [3.8, 4) is 0 Å². The van der Waals surface area contributed by atoms with Gasteiger partial charge in [0, 0.05) is 0 Å². The summed E-state index contributed by atoms with van der Waals surface area (Å²) in [4.78, 5) is 8.23. The summed E-state index contributed by atoms with van der Waals surface area (Å²) in [6.07, 6.45) is 0. The topological polar surface area (TPSA) is 43.1 Å². The maximum absolute atomic E-state index is 5.92. The second kappa shape index (κ2) is 3.12. The van der Waals surface area contributed by atoms with E-state index in [0.29, 0.717) is 28.3 Å². The molecule has 0 bridgehead atoms. The Morgan fingerprint density at radius 3 is 2.92 bits per heavy atom. The molecule has 0 spiro atoms. The van der Waals surface area contributed by atoms with Crippen molar-refractivity contribution in [3.05, 3.63) is 22.7 Å². The van der Waals surface area contributed by atoms with E-state index >= 15 is 0 Å². The van der Waals surface area contributed by atoms with Gasteiger partial charge in [-0.05, 0) is 13.0 Å². The second-order valence-electron chi connectivity index (χ2n) is 2.57. The third-order valence-corrected chi connectivity index (χ3v) is 2.11. The largest absolute Gasteiger partial charge is 0.254 e. The van der Waals surface area contributed by atoms with Crippen molar-refractivity contribution in [2.75, 3.05) is 0 Å². The minimum atomic E-state index is 0.322. The van der Waals surface area contributed by atoms with Crippen LogP contribution in [0.4, 0.5) is 0 Å². The fourth-order valence-electron chi connectivity index (χ4n) is 1.05. The lowest BCUT2D eigenvalue weighted by atomic mass is 10.5. The van der Waals surface area contributed by atoms with E-state index in [4.69, 9.17) is 23.2 Å². The van der Waals surface area contributed by atoms with Crippen molar-refractivity contribution in [1.82, 2.24) is 19.6 Å². The van der Waals surface area contributed by atoms with Gasteiger partial charge in [-0.2, -0.15) is 9.50 Å². The minimum Gasteiger partial charge on any atom is -0.215 e. The Bertz CT molecular complexity index is 451. The van der Waals surface area contributed by atoms with Crippen LogP contribution in [0, 0.1) is 6.92 Å². The zero-order chi connectivity index (χ0) is 9.42. The van der Waals surface area contributed by atoms with E-state index in [0.717, 1.165) is 0 Å². The third-order valence-electron chi connectivity index (χ3n) is 1.56. The van der Waals surface area contributed by atoms with Crippen LogP contribution in [0.1, 0.15) is 11.5 Å². The van der Waals surface area contributed by atoms with Gasteiger partial charge in [-0.25, -0.2) is 4.98 Å². The van der Waals surface area contributed by atoms with Crippen molar-refractivity contribution in [3.63, 3.8) is 0 Å². The number of aromatic nitrogens is 4. The van der Waals surface area contributed by atoms with Gasteiger partial charge in [0.25, 0.3) is 5.78 Å². The molecule has 0 saturated carbocycles. The Kier molecular flexibility index (Phi) is 2.09. The van der Waals surface area contributed by atoms with Crippen LogP contribution in [0.15, 0.2) is 6.07 Å². The first-order valence-corrected chi connectivity index (χ1v) is 4.56. The number of hydrogen-bond acceptors (Lipinski definition) is 3. The number of nitrogens with zero attached hydrogens (tertiary/aromatic N) is 4. The van der Waals surface area contributed by atoms with E-state index in [1.807, 2.05) is 0 Å². The van der Waals surface area contributed by atoms with E-state index in [1.165, 1.54) is 4.52 Å². The molecule has 6 heteroatoms. The van der Waals surface area contributed by atoms with Gasteiger partial charge >= 0.3 is 0 Å². The van der Waals surface area contributed by atoms with Crippen molar-refractivity contribution in [2.24, 2.45) is 0 Å².